The number of carbonyl (C=O) groups is 1. The first-order chi connectivity index (χ1) is 14.2. The van der Waals surface area contributed by atoms with E-state index in [4.69, 9.17) is 14.3 Å². The van der Waals surface area contributed by atoms with Crippen molar-refractivity contribution < 1.29 is 19.1 Å². The van der Waals surface area contributed by atoms with Gasteiger partial charge < -0.3 is 14.3 Å². The third-order valence-corrected chi connectivity index (χ3v) is 4.80. The predicted molar refractivity (Wildman–Crippen MR) is 111 cm³/mol. The van der Waals surface area contributed by atoms with Crippen molar-refractivity contribution in [2.75, 3.05) is 7.11 Å². The van der Waals surface area contributed by atoms with Crippen LogP contribution in [-0.2, 0) is 11.3 Å². The van der Waals surface area contributed by atoms with Crippen LogP contribution in [0.2, 0.25) is 0 Å². The second-order valence-electron chi connectivity index (χ2n) is 6.73. The fraction of sp³-hybridized carbons (Fsp3) is 0.167. The maximum atomic E-state index is 12.4. The highest BCUT2D eigenvalue weighted by atomic mass is 16.7. The van der Waals surface area contributed by atoms with Gasteiger partial charge in [-0.3, -0.25) is 0 Å². The van der Waals surface area contributed by atoms with Crippen LogP contribution in [0, 0.1) is 0 Å². The van der Waals surface area contributed by atoms with E-state index in [1.807, 2.05) is 48.5 Å². The topological polar surface area (TPSA) is 57.1 Å². The Bertz CT molecular complexity index is 1030. The third kappa shape index (κ3) is 4.46. The summed E-state index contributed by atoms with van der Waals surface area (Å²) in [6.07, 6.45) is 2.72. The molecule has 0 spiro atoms. The summed E-state index contributed by atoms with van der Waals surface area (Å²) < 4.78 is 11.0. The number of rotatable bonds is 5. The monoisotopic (exact) mass is 387 g/mol. The minimum Gasteiger partial charge on any atom is -0.497 e. The number of hydrogen-bond acceptors (Lipinski definition) is 5. The zero-order chi connectivity index (χ0) is 20.1. The molecule has 3 aromatic carbocycles. The molecule has 0 unspecified atom stereocenters. The van der Waals surface area contributed by atoms with Crippen LogP contribution in [0.4, 0.5) is 0 Å². The summed E-state index contributed by atoms with van der Waals surface area (Å²) in [5, 5.41) is 4.15. The van der Waals surface area contributed by atoms with Gasteiger partial charge >= 0.3 is 5.97 Å². The van der Waals surface area contributed by atoms with Crippen LogP contribution in [-0.4, -0.2) is 18.8 Å². The number of methoxy groups -OCH3 is 1. The van der Waals surface area contributed by atoms with Gasteiger partial charge in [0.25, 0.3) is 0 Å². The van der Waals surface area contributed by atoms with Crippen LogP contribution in [0.5, 0.6) is 17.2 Å². The average molecular weight is 387 g/mol. The molecular weight excluding hydrogens is 366 g/mol. The van der Waals surface area contributed by atoms with E-state index in [1.54, 1.807) is 31.4 Å². The molecule has 1 aliphatic carbocycles. The minimum absolute atomic E-state index is 0.413. The number of fused-ring (bicyclic) bond motifs is 1. The molecule has 0 saturated heterocycles. The van der Waals surface area contributed by atoms with Gasteiger partial charge in [0.05, 0.1) is 18.4 Å². The second-order valence-corrected chi connectivity index (χ2v) is 6.73. The summed E-state index contributed by atoms with van der Waals surface area (Å²) in [6, 6.07) is 22.2. The summed E-state index contributed by atoms with van der Waals surface area (Å²) in [5.74, 6) is 1.64. The summed E-state index contributed by atoms with van der Waals surface area (Å²) in [5.41, 5.74) is 3.35. The zero-order valence-corrected chi connectivity index (χ0v) is 16.1. The Morgan fingerprint density at radius 2 is 1.59 bits per heavy atom. The standard InChI is InChI=1S/C24H21NO4/c1-27-21-15-10-17-6-5-9-23(22(17)16-21)25-29-24(26)18-11-13-20(14-12-18)28-19-7-3-2-4-8-19/h2-4,7-8,10-16H,5-6,9H2,1H3/b25-23-. The van der Waals surface area contributed by atoms with Crippen LogP contribution < -0.4 is 9.47 Å². The molecule has 0 atom stereocenters. The Kier molecular flexibility index (Phi) is 5.56. The van der Waals surface area contributed by atoms with Gasteiger partial charge in [0.15, 0.2) is 0 Å². The smallest absolute Gasteiger partial charge is 0.365 e. The number of aryl methyl sites for hydroxylation is 1. The van der Waals surface area contributed by atoms with Gasteiger partial charge in [-0.25, -0.2) is 4.79 Å². The van der Waals surface area contributed by atoms with Crippen LogP contribution in [0.1, 0.15) is 34.3 Å². The predicted octanol–water partition coefficient (Wildman–Crippen LogP) is 5.38. The molecule has 0 heterocycles. The van der Waals surface area contributed by atoms with Crippen molar-refractivity contribution in [2.24, 2.45) is 5.16 Å². The summed E-state index contributed by atoms with van der Waals surface area (Å²) in [7, 11) is 1.63. The quantitative estimate of drug-likeness (QED) is 0.435. The van der Waals surface area contributed by atoms with Gasteiger partial charge in [-0.1, -0.05) is 29.4 Å². The molecule has 0 fully saturated rings. The van der Waals surface area contributed by atoms with E-state index in [9.17, 15) is 4.79 Å². The van der Waals surface area contributed by atoms with Crippen molar-refractivity contribution in [3.63, 3.8) is 0 Å². The van der Waals surface area contributed by atoms with Crippen molar-refractivity contribution in [1.82, 2.24) is 0 Å². The Balaban J connectivity index is 1.45. The largest absolute Gasteiger partial charge is 0.497 e. The van der Waals surface area contributed by atoms with Gasteiger partial charge in [-0.15, -0.1) is 0 Å². The number of carbonyl (C=O) groups excluding carboxylic acids is 1. The number of ether oxygens (including phenoxy) is 2. The van der Waals surface area contributed by atoms with Crippen LogP contribution >= 0.6 is 0 Å². The Morgan fingerprint density at radius 1 is 0.862 bits per heavy atom. The van der Waals surface area contributed by atoms with Crippen LogP contribution in [0.25, 0.3) is 0 Å². The molecule has 3 aromatic rings. The Labute approximate surface area is 169 Å². The van der Waals surface area contributed by atoms with E-state index in [0.717, 1.165) is 42.0 Å². The third-order valence-electron chi connectivity index (χ3n) is 4.80. The number of benzene rings is 3. The van der Waals surface area contributed by atoms with Crippen molar-refractivity contribution in [3.05, 3.63) is 89.5 Å². The molecule has 0 saturated carbocycles. The molecule has 4 rings (SSSR count). The summed E-state index contributed by atoms with van der Waals surface area (Å²) in [4.78, 5) is 17.6. The lowest BCUT2D eigenvalue weighted by molar-refractivity contribution is 0.0515. The van der Waals surface area contributed by atoms with E-state index in [2.05, 4.69) is 5.16 Å². The van der Waals surface area contributed by atoms with Crippen LogP contribution in [0.3, 0.4) is 0 Å². The van der Waals surface area contributed by atoms with E-state index in [1.165, 1.54) is 5.56 Å². The Morgan fingerprint density at radius 3 is 2.34 bits per heavy atom. The molecule has 0 aromatic heterocycles. The number of hydrogen-bond donors (Lipinski definition) is 0. The van der Waals surface area contributed by atoms with Gasteiger partial charge in [0, 0.05) is 5.56 Å². The van der Waals surface area contributed by atoms with Gasteiger partial charge in [-0.05, 0) is 73.4 Å². The number of oxime groups is 1. The van der Waals surface area contributed by atoms with E-state index in [0.29, 0.717) is 11.3 Å². The maximum absolute atomic E-state index is 12.4. The van der Waals surface area contributed by atoms with Gasteiger partial charge in [-0.2, -0.15) is 0 Å². The lowest BCUT2D eigenvalue weighted by Gasteiger charge is -2.18. The van der Waals surface area contributed by atoms with E-state index >= 15 is 0 Å². The first-order valence-electron chi connectivity index (χ1n) is 9.51. The van der Waals surface area contributed by atoms with E-state index in [-0.39, 0.29) is 0 Å². The van der Waals surface area contributed by atoms with E-state index < -0.39 is 5.97 Å². The molecule has 29 heavy (non-hydrogen) atoms. The number of para-hydroxylation sites is 1. The molecule has 0 radical (unpaired) electrons. The maximum Gasteiger partial charge on any atom is 0.365 e. The summed E-state index contributed by atoms with van der Waals surface area (Å²) in [6.45, 7) is 0. The highest BCUT2D eigenvalue weighted by molar-refractivity contribution is 6.03. The van der Waals surface area contributed by atoms with Gasteiger partial charge in [0.1, 0.15) is 17.2 Å². The van der Waals surface area contributed by atoms with Crippen LogP contribution in [0.15, 0.2) is 78.0 Å². The normalized spacial score (nSPS) is 14.2. The summed E-state index contributed by atoms with van der Waals surface area (Å²) >= 11 is 0. The first kappa shape index (κ1) is 18.7. The highest BCUT2D eigenvalue weighted by Gasteiger charge is 2.18. The highest BCUT2D eigenvalue weighted by Crippen LogP contribution is 2.26. The molecule has 0 aliphatic heterocycles. The number of nitrogens with zero attached hydrogens (tertiary/aromatic N) is 1. The molecule has 0 amide bonds. The molecule has 1 aliphatic rings. The molecule has 0 bridgehead atoms. The molecule has 0 N–H and O–H groups in total. The molecule has 146 valence electrons. The van der Waals surface area contributed by atoms with Crippen molar-refractivity contribution in [2.45, 2.75) is 19.3 Å². The molecule has 5 nitrogen and oxygen atoms in total. The lowest BCUT2D eigenvalue weighted by atomic mass is 9.90. The molecular formula is C24H21NO4. The molecule has 5 heteroatoms. The lowest BCUT2D eigenvalue weighted by Crippen LogP contribution is -2.13. The van der Waals surface area contributed by atoms with Gasteiger partial charge in [0.2, 0.25) is 0 Å². The SMILES string of the molecule is COc1ccc2c(c1)/C(=N\OC(=O)c1ccc(Oc3ccccc3)cc1)CCC2. The Hall–Kier alpha value is -3.60. The first-order valence-corrected chi connectivity index (χ1v) is 9.51. The average Bonchev–Trinajstić information content (AvgIpc) is 2.78. The van der Waals surface area contributed by atoms with Crippen molar-refractivity contribution in [1.29, 1.82) is 0 Å². The fourth-order valence-corrected chi connectivity index (χ4v) is 3.28. The minimum atomic E-state index is -0.501. The van der Waals surface area contributed by atoms with Crippen molar-refractivity contribution in [3.8, 4) is 17.2 Å². The second kappa shape index (κ2) is 8.61. The zero-order valence-electron chi connectivity index (χ0n) is 16.1. The van der Waals surface area contributed by atoms with Crippen molar-refractivity contribution >= 4 is 11.7 Å². The fourth-order valence-electron chi connectivity index (χ4n) is 3.28.